The lowest BCUT2D eigenvalue weighted by molar-refractivity contribution is -0.228. The van der Waals surface area contributed by atoms with Crippen LogP contribution in [0.1, 0.15) is 78.9 Å². The molecule has 8 aliphatic heterocycles. The summed E-state index contributed by atoms with van der Waals surface area (Å²) in [6.45, 7) is 9.44. The van der Waals surface area contributed by atoms with Gasteiger partial charge in [0.1, 0.15) is 18.6 Å². The van der Waals surface area contributed by atoms with Gasteiger partial charge in [0.15, 0.2) is 28.5 Å². The number of carbonyl (C=O) groups excluding carboxylic acids is 1. The van der Waals surface area contributed by atoms with E-state index in [1.165, 1.54) is 0 Å². The van der Waals surface area contributed by atoms with E-state index >= 15 is 0 Å². The van der Waals surface area contributed by atoms with Crippen molar-refractivity contribution in [2.75, 3.05) is 39.4 Å². The van der Waals surface area contributed by atoms with Crippen LogP contribution in [0.3, 0.4) is 0 Å². The lowest BCUT2D eigenvalue weighted by Crippen LogP contribution is -2.77. The van der Waals surface area contributed by atoms with Gasteiger partial charge in [-0.25, -0.2) is 4.79 Å². The molecular formula is C38H41N3O8S. The third-order valence-corrected chi connectivity index (χ3v) is 14.4. The van der Waals surface area contributed by atoms with Crippen LogP contribution < -0.4 is 19.5 Å². The Bertz CT molecular complexity index is 2040. The molecule has 0 aromatic heterocycles. The quantitative estimate of drug-likeness (QED) is 0.274. The highest BCUT2D eigenvalue weighted by Crippen LogP contribution is 2.67. The first kappa shape index (κ1) is 31.1. The number of hydrogen-bond donors (Lipinski definition) is 4. The Morgan fingerprint density at radius 3 is 2.58 bits per heavy atom. The first-order valence-corrected chi connectivity index (χ1v) is 18.5. The van der Waals surface area contributed by atoms with Gasteiger partial charge >= 0.3 is 5.97 Å². The average Bonchev–Trinajstić information content (AvgIpc) is 3.57. The summed E-state index contributed by atoms with van der Waals surface area (Å²) < 4.78 is 24.5. The van der Waals surface area contributed by atoms with Crippen molar-refractivity contribution in [1.29, 1.82) is 0 Å². The summed E-state index contributed by atoms with van der Waals surface area (Å²) in [6, 6.07) is 4.57. The SMILES string of the molecule is COc1c(C)cc2c(c1O)[C@@H]1C3[C@@H]4SC[C@]5(NCCc6cc(O)c(C)cc65)C(=O)OC[C@@H](c5c6c(c(C)c(C)c54)OCO6)N3[C@@H](O)[C@@H]3C2CN13. The van der Waals surface area contributed by atoms with Crippen molar-refractivity contribution in [2.24, 2.45) is 0 Å². The summed E-state index contributed by atoms with van der Waals surface area (Å²) in [5, 5.41) is 38.4. The number of esters is 1. The van der Waals surface area contributed by atoms with Crippen molar-refractivity contribution in [2.45, 2.75) is 81.2 Å². The van der Waals surface area contributed by atoms with Gasteiger partial charge in [0.25, 0.3) is 0 Å². The van der Waals surface area contributed by atoms with Crippen LogP contribution in [-0.4, -0.2) is 88.8 Å². The molecule has 8 aliphatic rings. The van der Waals surface area contributed by atoms with Crippen LogP contribution in [0.15, 0.2) is 18.2 Å². The molecule has 3 unspecified atom stereocenters. The van der Waals surface area contributed by atoms with E-state index in [0.29, 0.717) is 41.5 Å². The monoisotopic (exact) mass is 699 g/mol. The van der Waals surface area contributed by atoms with E-state index in [2.05, 4.69) is 35.0 Å². The smallest absolute Gasteiger partial charge is 0.331 e. The van der Waals surface area contributed by atoms with Crippen LogP contribution in [0, 0.1) is 27.7 Å². The number of aryl methyl sites for hydroxylation is 2. The number of thioether (sulfide) groups is 1. The minimum atomic E-state index is -1.15. The third-order valence-electron chi connectivity index (χ3n) is 12.9. The number of nitrogens with zero attached hydrogens (tertiary/aromatic N) is 2. The number of hydrogen-bond acceptors (Lipinski definition) is 12. The number of phenols is 2. The standard InChI is InChI=1S/C38H41N3O8S/c1-15-9-22-19(10-24(15)42)6-7-39-38(22)13-50-35-25-17(3)18(4)33-34(49-14-48-33)27(25)23(12-47-37(38)45)41-30(35)29-26-20(8-16(2)32(46-5)31(26)43)21-11-40(29)28(21)36(41)44/h8-10,21,23,28-30,35-36,39,42-44H,6-7,11-14H2,1-5H3/t21?,23-,28-,29+,30?,35+,36-,38+/m0/s1. The van der Waals surface area contributed by atoms with Gasteiger partial charge < -0.3 is 34.3 Å². The summed E-state index contributed by atoms with van der Waals surface area (Å²) in [7, 11) is 1.59. The van der Waals surface area contributed by atoms with Gasteiger partial charge in [-0.2, -0.15) is 0 Å². The number of methoxy groups -OCH3 is 1. The lowest BCUT2D eigenvalue weighted by atomic mass is 9.64. The van der Waals surface area contributed by atoms with Crippen LogP contribution in [-0.2, 0) is 21.5 Å². The summed E-state index contributed by atoms with van der Waals surface area (Å²) >= 11 is 1.68. The molecule has 3 fully saturated rings. The van der Waals surface area contributed by atoms with Crippen molar-refractivity contribution in [3.63, 3.8) is 0 Å². The zero-order chi connectivity index (χ0) is 34.5. The molecule has 4 N–H and O–H groups in total. The molecule has 0 saturated carbocycles. The van der Waals surface area contributed by atoms with Crippen LogP contribution >= 0.6 is 11.8 Å². The van der Waals surface area contributed by atoms with Crippen LogP contribution in [0.25, 0.3) is 0 Å². The number of aromatic hydroxyl groups is 2. The molecule has 50 heavy (non-hydrogen) atoms. The van der Waals surface area contributed by atoms with Gasteiger partial charge in [-0.15, -0.1) is 11.8 Å². The van der Waals surface area contributed by atoms with Crippen LogP contribution in [0.5, 0.6) is 28.7 Å². The predicted octanol–water partition coefficient (Wildman–Crippen LogP) is 4.02. The van der Waals surface area contributed by atoms with Gasteiger partial charge in [-0.1, -0.05) is 6.07 Å². The van der Waals surface area contributed by atoms with Crippen molar-refractivity contribution >= 4 is 17.7 Å². The van der Waals surface area contributed by atoms with E-state index in [1.807, 2.05) is 19.9 Å². The minimum absolute atomic E-state index is 0.00885. The number of aliphatic hydroxyl groups is 1. The minimum Gasteiger partial charge on any atom is -0.508 e. The second-order valence-corrected chi connectivity index (χ2v) is 16.2. The number of nitrogens with one attached hydrogen (secondary N) is 1. The number of piperazine rings is 1. The molecule has 1 spiro atoms. The summed E-state index contributed by atoms with van der Waals surface area (Å²) in [6.07, 6.45) is -0.182. The Morgan fingerprint density at radius 2 is 1.78 bits per heavy atom. The number of ether oxygens (including phenoxy) is 4. The van der Waals surface area contributed by atoms with Crippen molar-refractivity contribution in [3.05, 3.63) is 73.8 Å². The van der Waals surface area contributed by atoms with E-state index in [0.717, 1.165) is 56.6 Å². The number of phenolic OH excluding ortho intramolecular Hbond substituents is 2. The molecule has 11 rings (SSSR count). The predicted molar refractivity (Wildman–Crippen MR) is 184 cm³/mol. The van der Waals surface area contributed by atoms with Gasteiger partial charge in [0.05, 0.1) is 25.2 Å². The molecule has 0 radical (unpaired) electrons. The molecule has 0 amide bonds. The van der Waals surface area contributed by atoms with Crippen molar-refractivity contribution in [3.8, 4) is 28.7 Å². The fourth-order valence-electron chi connectivity index (χ4n) is 10.5. The largest absolute Gasteiger partial charge is 0.508 e. The number of fused-ring (bicyclic) bond motifs is 8. The molecule has 11 nitrogen and oxygen atoms in total. The Morgan fingerprint density at radius 1 is 0.980 bits per heavy atom. The molecule has 8 heterocycles. The van der Waals surface area contributed by atoms with Crippen LogP contribution in [0.4, 0.5) is 0 Å². The maximum absolute atomic E-state index is 14.6. The molecule has 3 aromatic rings. The van der Waals surface area contributed by atoms with Crippen molar-refractivity contribution in [1.82, 2.24) is 15.1 Å². The topological polar surface area (TPSA) is 133 Å². The number of benzene rings is 3. The number of carbonyl (C=O) groups is 1. The van der Waals surface area contributed by atoms with Gasteiger partial charge in [-0.3, -0.25) is 15.1 Å². The fraction of sp³-hybridized carbons (Fsp3) is 0.500. The van der Waals surface area contributed by atoms with E-state index < -0.39 is 17.8 Å². The average molecular weight is 700 g/mol. The summed E-state index contributed by atoms with van der Waals surface area (Å²) in [4.78, 5) is 19.1. The zero-order valence-corrected chi connectivity index (χ0v) is 29.5. The highest BCUT2D eigenvalue weighted by molar-refractivity contribution is 7.99. The molecular weight excluding hydrogens is 658 g/mol. The Labute approximate surface area is 294 Å². The maximum Gasteiger partial charge on any atom is 0.331 e. The normalized spacial score (nSPS) is 34.2. The first-order chi connectivity index (χ1) is 24.1. The van der Waals surface area contributed by atoms with E-state index in [4.69, 9.17) is 18.9 Å². The van der Waals surface area contributed by atoms with Crippen LogP contribution in [0.2, 0.25) is 0 Å². The van der Waals surface area contributed by atoms with Gasteiger partial charge in [0, 0.05) is 47.2 Å². The lowest BCUT2D eigenvalue weighted by Gasteiger charge is -2.69. The van der Waals surface area contributed by atoms with E-state index in [1.54, 1.807) is 24.9 Å². The Kier molecular flexibility index (Phi) is 6.49. The third kappa shape index (κ3) is 3.68. The van der Waals surface area contributed by atoms with Crippen molar-refractivity contribution < 1.29 is 39.1 Å². The number of aliphatic hydroxyl groups excluding tert-OH is 1. The zero-order valence-electron chi connectivity index (χ0n) is 28.7. The first-order valence-electron chi connectivity index (χ1n) is 17.5. The highest BCUT2D eigenvalue weighted by Gasteiger charge is 2.67. The fourth-order valence-corrected chi connectivity index (χ4v) is 12.3. The molecule has 9 atom stereocenters. The van der Waals surface area contributed by atoms with E-state index in [-0.39, 0.29) is 60.2 Å². The van der Waals surface area contributed by atoms with E-state index in [9.17, 15) is 20.1 Å². The molecule has 6 bridgehead atoms. The molecule has 3 saturated heterocycles. The maximum atomic E-state index is 14.6. The summed E-state index contributed by atoms with van der Waals surface area (Å²) in [5.74, 6) is 2.22. The Hall–Kier alpha value is -3.68. The Balaban J connectivity index is 1.22. The van der Waals surface area contributed by atoms with Gasteiger partial charge in [0.2, 0.25) is 6.79 Å². The second kappa shape index (κ2) is 10.4. The molecule has 3 aromatic carbocycles. The highest BCUT2D eigenvalue weighted by atomic mass is 32.2. The van der Waals surface area contributed by atoms with Gasteiger partial charge in [-0.05, 0) is 90.8 Å². The molecule has 0 aliphatic carbocycles. The second-order valence-electron chi connectivity index (χ2n) is 15.0. The molecule has 12 heteroatoms. The molecule has 262 valence electrons. The number of rotatable bonds is 1. The summed E-state index contributed by atoms with van der Waals surface area (Å²) in [5.41, 5.74) is 8.24.